The van der Waals surface area contributed by atoms with E-state index in [1.165, 1.54) is 0 Å². The zero-order chi connectivity index (χ0) is 20.3. The fourth-order valence-corrected chi connectivity index (χ4v) is 1.34. The number of alkyl halides is 14. The third kappa shape index (κ3) is 3.05. The van der Waals surface area contributed by atoms with Crippen molar-refractivity contribution in [3.05, 3.63) is 0 Å². The fraction of sp³-hybridized carbons (Fsp3) is 0.875. The number of amidine groups is 1. The predicted molar refractivity (Wildman–Crippen MR) is 49.2 cm³/mol. The molecule has 1 rings (SSSR count). The predicted octanol–water partition coefficient (Wildman–Crippen LogP) is 3.79. The van der Waals surface area contributed by atoms with Gasteiger partial charge in [0.25, 0.3) is 0 Å². The molecule has 0 unspecified atom stereocenters. The van der Waals surface area contributed by atoms with Gasteiger partial charge in [-0.25, -0.2) is 4.99 Å². The highest BCUT2D eigenvalue weighted by atomic mass is 19.4. The lowest BCUT2D eigenvalue weighted by molar-refractivity contribution is -0.392. The van der Waals surface area contributed by atoms with E-state index in [2.05, 4.69) is 4.99 Å². The SMILES string of the molecule is FC(F)(F)C(F)(F)C(F)(F)C1=NCN(C(F)(F)C(F)(F)C(F)(F)F)N1. The van der Waals surface area contributed by atoms with Gasteiger partial charge in [-0.15, -0.1) is 5.01 Å². The van der Waals surface area contributed by atoms with E-state index in [-0.39, 0.29) is 5.43 Å². The Morgan fingerprint density at radius 2 is 1.08 bits per heavy atom. The number of nitrogens with zero attached hydrogens (tertiary/aromatic N) is 2. The summed E-state index contributed by atoms with van der Waals surface area (Å²) in [5, 5.41) is -1.64. The minimum atomic E-state index is -6.91. The van der Waals surface area contributed by atoms with Gasteiger partial charge in [0.15, 0.2) is 5.84 Å². The summed E-state index contributed by atoms with van der Waals surface area (Å²) >= 11 is 0. The molecule has 0 aromatic carbocycles. The maximum Gasteiger partial charge on any atom is 0.461 e. The van der Waals surface area contributed by atoms with E-state index in [1.807, 2.05) is 0 Å². The molecule has 0 radical (unpaired) electrons. The van der Waals surface area contributed by atoms with Crippen molar-refractivity contribution in [3.8, 4) is 0 Å². The number of aliphatic imine (C=N–C) groups is 1. The summed E-state index contributed by atoms with van der Waals surface area (Å²) < 4.78 is 175. The van der Waals surface area contributed by atoms with Crippen molar-refractivity contribution in [2.75, 3.05) is 6.67 Å². The Bertz CT molecular complexity index is 543. The third-order valence-corrected chi connectivity index (χ3v) is 2.73. The zero-order valence-corrected chi connectivity index (χ0v) is 10.9. The molecule has 0 aromatic heterocycles. The quantitative estimate of drug-likeness (QED) is 0.568. The van der Waals surface area contributed by atoms with Crippen molar-refractivity contribution in [1.29, 1.82) is 0 Å². The maximum atomic E-state index is 13.2. The Balaban J connectivity index is 3.13. The number of hydrazine groups is 1. The molecular weight excluding hydrogens is 404 g/mol. The van der Waals surface area contributed by atoms with Crippen molar-refractivity contribution >= 4 is 5.84 Å². The van der Waals surface area contributed by atoms with Crippen molar-refractivity contribution in [3.63, 3.8) is 0 Å². The molecule has 0 amide bonds. The first-order valence-corrected chi connectivity index (χ1v) is 5.45. The minimum Gasteiger partial charge on any atom is -0.295 e. The largest absolute Gasteiger partial charge is 0.461 e. The van der Waals surface area contributed by atoms with Crippen molar-refractivity contribution in [2.24, 2.45) is 4.99 Å². The van der Waals surface area contributed by atoms with Crippen LogP contribution in [0.3, 0.4) is 0 Å². The number of hydrogen-bond donors (Lipinski definition) is 1. The van der Waals surface area contributed by atoms with Gasteiger partial charge in [-0.3, -0.25) is 5.43 Å². The monoisotopic (exact) mass is 407 g/mol. The van der Waals surface area contributed by atoms with E-state index in [1.54, 1.807) is 0 Å². The first-order valence-electron chi connectivity index (χ1n) is 5.45. The molecule has 17 heteroatoms. The highest BCUT2D eigenvalue weighted by Gasteiger charge is 2.78. The lowest BCUT2D eigenvalue weighted by Gasteiger charge is -2.34. The second-order valence-electron chi connectivity index (χ2n) is 4.45. The van der Waals surface area contributed by atoms with Gasteiger partial charge < -0.3 is 0 Å². The summed E-state index contributed by atoms with van der Waals surface area (Å²) in [5.41, 5.74) is 0.251. The van der Waals surface area contributed by atoms with Crippen LogP contribution in [0.1, 0.15) is 0 Å². The Hall–Kier alpha value is -1.55. The summed E-state index contributed by atoms with van der Waals surface area (Å²) in [6.45, 7) is -2.20. The molecule has 25 heavy (non-hydrogen) atoms. The molecule has 0 spiro atoms. The first kappa shape index (κ1) is 21.5. The van der Waals surface area contributed by atoms with Crippen LogP contribution in [0.25, 0.3) is 0 Å². The lowest BCUT2D eigenvalue weighted by Crippen LogP contribution is -2.66. The highest BCUT2D eigenvalue weighted by Crippen LogP contribution is 2.50. The summed E-state index contributed by atoms with van der Waals surface area (Å²) in [5.74, 6) is -23.0. The maximum absolute atomic E-state index is 13.2. The Morgan fingerprint density at radius 3 is 1.44 bits per heavy atom. The van der Waals surface area contributed by atoms with Crippen LogP contribution in [-0.2, 0) is 0 Å². The number of nitrogens with one attached hydrogen (secondary N) is 1. The molecule has 0 bridgehead atoms. The van der Waals surface area contributed by atoms with Crippen molar-refractivity contribution in [2.45, 2.75) is 36.2 Å². The van der Waals surface area contributed by atoms with Gasteiger partial charge in [-0.2, -0.15) is 61.5 Å². The van der Waals surface area contributed by atoms with Crippen molar-refractivity contribution < 1.29 is 61.5 Å². The molecule has 0 aromatic rings. The second-order valence-corrected chi connectivity index (χ2v) is 4.45. The van der Waals surface area contributed by atoms with Crippen LogP contribution in [0.2, 0.25) is 0 Å². The van der Waals surface area contributed by atoms with Crippen molar-refractivity contribution in [1.82, 2.24) is 10.4 Å². The van der Waals surface area contributed by atoms with Crippen LogP contribution in [0, 0.1) is 0 Å². The molecule has 0 saturated heterocycles. The average molecular weight is 407 g/mol. The summed E-state index contributed by atoms with van der Waals surface area (Å²) in [4.78, 5) is 2.05. The normalized spacial score (nSPS) is 19.0. The van der Waals surface area contributed by atoms with Crippen LogP contribution >= 0.6 is 0 Å². The zero-order valence-electron chi connectivity index (χ0n) is 10.9. The van der Waals surface area contributed by atoms with Crippen LogP contribution in [0.5, 0.6) is 0 Å². The van der Waals surface area contributed by atoms with Gasteiger partial charge in [-0.1, -0.05) is 0 Å². The molecule has 1 aliphatic rings. The molecule has 1 N–H and O–H groups in total. The Labute approximate surface area is 127 Å². The smallest absolute Gasteiger partial charge is 0.295 e. The molecule has 3 nitrogen and oxygen atoms in total. The van der Waals surface area contributed by atoms with Crippen LogP contribution < -0.4 is 5.43 Å². The summed E-state index contributed by atoms with van der Waals surface area (Å²) in [7, 11) is 0. The average Bonchev–Trinajstić information content (AvgIpc) is 2.85. The molecule has 1 heterocycles. The first-order chi connectivity index (χ1) is 10.7. The fourth-order valence-electron chi connectivity index (χ4n) is 1.34. The van der Waals surface area contributed by atoms with Gasteiger partial charge in [0.1, 0.15) is 6.67 Å². The number of rotatable bonds is 4. The highest BCUT2D eigenvalue weighted by molar-refractivity contribution is 5.90. The second kappa shape index (κ2) is 5.47. The van der Waals surface area contributed by atoms with E-state index in [0.29, 0.717) is 0 Å². The van der Waals surface area contributed by atoms with Gasteiger partial charge in [0, 0.05) is 0 Å². The van der Waals surface area contributed by atoms with Gasteiger partial charge in [0.05, 0.1) is 0 Å². The lowest BCUT2D eigenvalue weighted by atomic mass is 10.1. The summed E-state index contributed by atoms with van der Waals surface area (Å²) in [6.07, 6.45) is -13.8. The van der Waals surface area contributed by atoms with E-state index in [0.717, 1.165) is 0 Å². The molecule has 0 fully saturated rings. The minimum absolute atomic E-state index is 0.251. The van der Waals surface area contributed by atoms with Crippen LogP contribution in [-0.4, -0.2) is 53.7 Å². The summed E-state index contributed by atoms with van der Waals surface area (Å²) in [6, 6.07) is -6.35. The third-order valence-electron chi connectivity index (χ3n) is 2.73. The topological polar surface area (TPSA) is 27.6 Å². The molecule has 1 aliphatic heterocycles. The van der Waals surface area contributed by atoms with Crippen LogP contribution in [0.15, 0.2) is 4.99 Å². The van der Waals surface area contributed by atoms with E-state index in [4.69, 9.17) is 0 Å². The van der Waals surface area contributed by atoms with Gasteiger partial charge >= 0.3 is 36.2 Å². The van der Waals surface area contributed by atoms with Crippen LogP contribution in [0.4, 0.5) is 61.5 Å². The molecule has 0 saturated carbocycles. The number of hydrogen-bond acceptors (Lipinski definition) is 3. The standard InChI is InChI=1S/C8H3F14N3/c9-3(10,4(11,12)6(15,16)17)2-23-1-25(24-2)8(21,22)5(13,14)7(18,19)20/h1H2,(H,23,24). The number of halogens is 14. The molecular formula is C8H3F14N3. The van der Waals surface area contributed by atoms with Gasteiger partial charge in [-0.05, 0) is 0 Å². The molecule has 148 valence electrons. The van der Waals surface area contributed by atoms with E-state index >= 15 is 0 Å². The molecule has 0 atom stereocenters. The van der Waals surface area contributed by atoms with E-state index < -0.39 is 53.7 Å². The van der Waals surface area contributed by atoms with E-state index in [9.17, 15) is 61.5 Å². The Kier molecular flexibility index (Phi) is 4.70. The van der Waals surface area contributed by atoms with Gasteiger partial charge in [0.2, 0.25) is 0 Å². The molecule has 0 aliphatic carbocycles. The Morgan fingerprint density at radius 1 is 0.680 bits per heavy atom.